The lowest BCUT2D eigenvalue weighted by Crippen LogP contribution is -2.41. The summed E-state index contributed by atoms with van der Waals surface area (Å²) in [7, 11) is -4.62. The molecular formula is C27H28N5O10P. The molecule has 5 rings (SSSR count). The topological polar surface area (TPSA) is 210 Å². The Hall–Kier alpha value is -4.29. The number of hydrogen-bond acceptors (Lipinski definition) is 14. The van der Waals surface area contributed by atoms with Gasteiger partial charge in [-0.3, -0.25) is 4.52 Å². The van der Waals surface area contributed by atoms with Gasteiger partial charge in [0.2, 0.25) is 12.4 Å². The molecule has 0 spiro atoms. The SMILES string of the molecule is CC(C)OC(=O)OCOP(=O)(OC[C@H]1O[C@@](C#N)(c2ccc3c(N)ncnn23)[C@H](O)[C@@H]1O)Oc1cccc2ccccc12. The van der Waals surface area contributed by atoms with Crippen molar-refractivity contribution in [2.45, 2.75) is 43.9 Å². The number of benzene rings is 2. The van der Waals surface area contributed by atoms with Crippen molar-refractivity contribution in [2.24, 2.45) is 0 Å². The van der Waals surface area contributed by atoms with Gasteiger partial charge in [-0.2, -0.15) is 10.4 Å². The van der Waals surface area contributed by atoms with Crippen LogP contribution in [0.1, 0.15) is 19.5 Å². The third-order valence-electron chi connectivity index (χ3n) is 6.56. The van der Waals surface area contributed by atoms with Gasteiger partial charge in [-0.05, 0) is 37.4 Å². The second-order valence-electron chi connectivity index (χ2n) is 9.72. The predicted molar refractivity (Wildman–Crippen MR) is 148 cm³/mol. The first-order valence-corrected chi connectivity index (χ1v) is 14.5. The summed E-state index contributed by atoms with van der Waals surface area (Å²) in [4.78, 5) is 15.7. The molecule has 0 amide bonds. The first-order chi connectivity index (χ1) is 20.6. The number of carbonyl (C=O) groups is 1. The van der Waals surface area contributed by atoms with Crippen molar-refractivity contribution in [3.05, 3.63) is 66.6 Å². The summed E-state index contributed by atoms with van der Waals surface area (Å²) in [6.07, 6.45) is -5.27. The van der Waals surface area contributed by atoms with Crippen molar-refractivity contribution in [2.75, 3.05) is 19.1 Å². The number of rotatable bonds is 10. The number of aliphatic hydroxyl groups is 2. The standard InChI is InChI=1S/C27H28N5O10P/c1-16(2)40-26(35)37-15-39-43(36,42-20-9-5-7-17-6-3-4-8-18(17)20)38-12-21-23(33)24(34)27(13-28,41-21)22-11-10-19-25(29)30-14-31-32(19)22/h3-11,14,16,21,23-24,33-34H,12,15H2,1-2H3,(H2,29,30,31)/t21-,23-,24-,27+,43?/m1/s1. The number of phosphoric ester groups is 1. The number of nitrogens with two attached hydrogens (primary N) is 1. The number of hydrogen-bond donors (Lipinski definition) is 3. The minimum Gasteiger partial charge on any atom is -0.432 e. The Labute approximate surface area is 244 Å². The van der Waals surface area contributed by atoms with Gasteiger partial charge in [-0.25, -0.2) is 23.4 Å². The highest BCUT2D eigenvalue weighted by Gasteiger charge is 2.58. The molecule has 226 valence electrons. The lowest BCUT2D eigenvalue weighted by Gasteiger charge is -2.24. The van der Waals surface area contributed by atoms with Gasteiger partial charge in [0.15, 0.2) is 5.82 Å². The zero-order valence-corrected chi connectivity index (χ0v) is 23.9. The van der Waals surface area contributed by atoms with E-state index in [9.17, 15) is 24.8 Å². The summed E-state index contributed by atoms with van der Waals surface area (Å²) in [6, 6.07) is 17.0. The number of phosphoric acid groups is 1. The van der Waals surface area contributed by atoms with Crippen LogP contribution in [0.5, 0.6) is 5.75 Å². The number of nitrogens with zero attached hydrogens (tertiary/aromatic N) is 4. The molecule has 1 aliphatic heterocycles. The van der Waals surface area contributed by atoms with Crippen molar-refractivity contribution in [3.63, 3.8) is 0 Å². The summed E-state index contributed by atoms with van der Waals surface area (Å²) in [5, 5.41) is 37.4. The Morgan fingerprint density at radius 3 is 2.72 bits per heavy atom. The molecule has 1 saturated heterocycles. The second-order valence-corrected chi connectivity index (χ2v) is 11.3. The van der Waals surface area contributed by atoms with Crippen LogP contribution < -0.4 is 10.3 Å². The van der Waals surface area contributed by atoms with Crippen LogP contribution in [0.15, 0.2) is 60.9 Å². The van der Waals surface area contributed by atoms with E-state index in [2.05, 4.69) is 10.1 Å². The van der Waals surface area contributed by atoms with Gasteiger partial charge in [-0.1, -0.05) is 36.4 Å². The smallest absolute Gasteiger partial charge is 0.432 e. The average molecular weight is 614 g/mol. The van der Waals surface area contributed by atoms with Crippen molar-refractivity contribution in [3.8, 4) is 11.8 Å². The van der Waals surface area contributed by atoms with Crippen LogP contribution >= 0.6 is 7.82 Å². The fourth-order valence-electron chi connectivity index (χ4n) is 4.57. The number of ether oxygens (including phenoxy) is 3. The third kappa shape index (κ3) is 5.98. The van der Waals surface area contributed by atoms with Gasteiger partial charge < -0.3 is 34.7 Å². The van der Waals surface area contributed by atoms with Gasteiger partial charge >= 0.3 is 14.0 Å². The Bertz CT molecular complexity index is 1720. The van der Waals surface area contributed by atoms with Crippen LogP contribution in [0.2, 0.25) is 0 Å². The van der Waals surface area contributed by atoms with Crippen molar-refractivity contribution < 1.29 is 47.4 Å². The number of nitriles is 1. The minimum absolute atomic E-state index is 0.0663. The molecule has 1 fully saturated rings. The molecule has 0 radical (unpaired) electrons. The molecule has 4 aromatic rings. The lowest BCUT2D eigenvalue weighted by molar-refractivity contribution is -0.0670. The number of carbonyl (C=O) groups excluding carboxylic acids is 1. The van der Waals surface area contributed by atoms with Gasteiger partial charge in [0.25, 0.3) is 0 Å². The van der Waals surface area contributed by atoms with Crippen molar-refractivity contribution >= 4 is 36.1 Å². The zero-order chi connectivity index (χ0) is 30.8. The summed E-state index contributed by atoms with van der Waals surface area (Å²) in [6.45, 7) is 1.67. The predicted octanol–water partition coefficient (Wildman–Crippen LogP) is 3.04. The Morgan fingerprint density at radius 2 is 1.95 bits per heavy atom. The lowest BCUT2D eigenvalue weighted by atomic mass is 9.92. The molecule has 1 unspecified atom stereocenters. The minimum atomic E-state index is -4.62. The van der Waals surface area contributed by atoms with E-state index in [1.54, 1.807) is 32.0 Å². The number of nitrogen functional groups attached to an aromatic ring is 1. The molecule has 0 bridgehead atoms. The monoisotopic (exact) mass is 613 g/mol. The fourth-order valence-corrected chi connectivity index (χ4v) is 5.66. The Balaban J connectivity index is 1.38. The van der Waals surface area contributed by atoms with Crippen LogP contribution in [-0.2, 0) is 33.4 Å². The van der Waals surface area contributed by atoms with E-state index in [1.807, 2.05) is 24.3 Å². The summed E-state index contributed by atoms with van der Waals surface area (Å²) < 4.78 is 47.2. The van der Waals surface area contributed by atoms with Crippen molar-refractivity contribution in [1.82, 2.24) is 14.6 Å². The highest BCUT2D eigenvalue weighted by molar-refractivity contribution is 7.48. The average Bonchev–Trinajstić information content (AvgIpc) is 3.52. The number of aliphatic hydroxyl groups excluding tert-OH is 2. The van der Waals surface area contributed by atoms with Crippen LogP contribution in [-0.4, -0.2) is 68.8 Å². The molecule has 4 N–H and O–H groups in total. The molecule has 43 heavy (non-hydrogen) atoms. The molecule has 2 aromatic heterocycles. The van der Waals surface area contributed by atoms with E-state index >= 15 is 0 Å². The zero-order valence-electron chi connectivity index (χ0n) is 23.0. The van der Waals surface area contributed by atoms with Crippen molar-refractivity contribution in [1.29, 1.82) is 5.26 Å². The van der Waals surface area contributed by atoms with Gasteiger partial charge in [0, 0.05) is 5.39 Å². The van der Waals surface area contributed by atoms with E-state index in [0.717, 1.165) is 11.7 Å². The van der Waals surface area contributed by atoms with Gasteiger partial charge in [0.05, 0.1) is 18.4 Å². The molecule has 3 heterocycles. The summed E-state index contributed by atoms with van der Waals surface area (Å²) >= 11 is 0. The normalized spacial score (nSPS) is 23.2. The largest absolute Gasteiger partial charge is 0.533 e. The highest BCUT2D eigenvalue weighted by Crippen LogP contribution is 2.52. The molecule has 15 nitrogen and oxygen atoms in total. The second kappa shape index (κ2) is 12.1. The molecule has 5 atom stereocenters. The fraction of sp³-hybridized carbons (Fsp3) is 0.333. The molecule has 16 heteroatoms. The van der Waals surface area contributed by atoms with Crippen LogP contribution in [0, 0.1) is 11.3 Å². The van der Waals surface area contributed by atoms with E-state index in [4.69, 9.17) is 33.5 Å². The van der Waals surface area contributed by atoms with E-state index < -0.39 is 57.4 Å². The molecular weight excluding hydrogens is 585 g/mol. The van der Waals surface area contributed by atoms with Gasteiger partial charge in [0.1, 0.15) is 42.0 Å². The Morgan fingerprint density at radius 1 is 1.19 bits per heavy atom. The maximum atomic E-state index is 13.8. The molecule has 2 aromatic carbocycles. The van der Waals surface area contributed by atoms with E-state index in [0.29, 0.717) is 10.9 Å². The van der Waals surface area contributed by atoms with Crippen LogP contribution in [0.25, 0.3) is 16.3 Å². The highest BCUT2D eigenvalue weighted by atomic mass is 31.2. The summed E-state index contributed by atoms with van der Waals surface area (Å²) in [5.74, 6) is 0.243. The number of fused-ring (bicyclic) bond motifs is 2. The molecule has 0 saturated carbocycles. The van der Waals surface area contributed by atoms with Crippen LogP contribution in [0.4, 0.5) is 10.6 Å². The summed E-state index contributed by atoms with van der Waals surface area (Å²) in [5.41, 5.74) is 4.18. The quantitative estimate of drug-likeness (QED) is 0.133. The maximum absolute atomic E-state index is 13.8. The Kier molecular flexibility index (Phi) is 8.52. The van der Waals surface area contributed by atoms with E-state index in [-0.39, 0.29) is 17.3 Å². The van der Waals surface area contributed by atoms with Crippen LogP contribution in [0.3, 0.4) is 0 Å². The first kappa shape index (κ1) is 30.2. The molecule has 0 aliphatic carbocycles. The third-order valence-corrected chi connectivity index (χ3v) is 7.87. The number of aromatic nitrogens is 3. The maximum Gasteiger partial charge on any atom is 0.533 e. The van der Waals surface area contributed by atoms with Gasteiger partial charge in [-0.15, -0.1) is 0 Å². The molecule has 1 aliphatic rings. The van der Waals surface area contributed by atoms with E-state index in [1.165, 1.54) is 22.7 Å². The first-order valence-electron chi connectivity index (χ1n) is 13.0. The number of anilines is 1.